The fourth-order valence-electron chi connectivity index (χ4n) is 1.09. The monoisotopic (exact) mass is 275 g/mol. The molecule has 1 amide bonds. The molecule has 0 aliphatic heterocycles. The van der Waals surface area contributed by atoms with Gasteiger partial charge in [0.1, 0.15) is 5.54 Å². The minimum absolute atomic E-state index is 0.219. The maximum atomic E-state index is 11.8. The molecule has 0 saturated carbocycles. The highest BCUT2D eigenvalue weighted by Crippen LogP contribution is 2.19. The number of aliphatic carboxylic acids is 1. The van der Waals surface area contributed by atoms with E-state index in [1.165, 1.54) is 32.0 Å². The summed E-state index contributed by atoms with van der Waals surface area (Å²) in [5.41, 5.74) is -1.14. The predicted octanol–water partition coefficient (Wildman–Crippen LogP) is 2.59. The third-order valence-electron chi connectivity index (χ3n) is 2.09. The van der Waals surface area contributed by atoms with E-state index < -0.39 is 17.4 Å². The molecule has 6 heteroatoms. The molecule has 0 aliphatic carbocycles. The first-order valence-corrected chi connectivity index (χ1v) is 5.50. The van der Waals surface area contributed by atoms with E-state index >= 15 is 0 Å². The van der Waals surface area contributed by atoms with E-state index in [0.29, 0.717) is 10.0 Å². The molecule has 1 aromatic rings. The Bertz CT molecular complexity index is 452. The Hall–Kier alpha value is -1.26. The van der Waals surface area contributed by atoms with Gasteiger partial charge in [-0.2, -0.15) is 0 Å². The van der Waals surface area contributed by atoms with Crippen molar-refractivity contribution in [3.63, 3.8) is 0 Å². The third kappa shape index (κ3) is 3.61. The van der Waals surface area contributed by atoms with Crippen LogP contribution in [0.1, 0.15) is 24.2 Å². The lowest BCUT2D eigenvalue weighted by Crippen LogP contribution is -2.49. The molecule has 0 aromatic heterocycles. The molecule has 0 radical (unpaired) electrons. The SMILES string of the molecule is CC(C)(NC(=O)c1cc(Cl)cc(Cl)c1)C(=O)O. The van der Waals surface area contributed by atoms with Crippen LogP contribution in [0, 0.1) is 0 Å². The fraction of sp³-hybridized carbons (Fsp3) is 0.273. The van der Waals surface area contributed by atoms with Crippen LogP contribution in [0.5, 0.6) is 0 Å². The van der Waals surface area contributed by atoms with Crippen molar-refractivity contribution in [3.05, 3.63) is 33.8 Å². The molecule has 0 unspecified atom stereocenters. The number of carbonyl (C=O) groups is 2. The molecular formula is C11H11Cl2NO3. The van der Waals surface area contributed by atoms with Crippen LogP contribution < -0.4 is 5.32 Å². The molecule has 0 fully saturated rings. The van der Waals surface area contributed by atoms with Gasteiger partial charge < -0.3 is 10.4 Å². The van der Waals surface area contributed by atoms with Crippen molar-refractivity contribution in [1.29, 1.82) is 0 Å². The van der Waals surface area contributed by atoms with Gasteiger partial charge in [0.2, 0.25) is 0 Å². The minimum atomic E-state index is -1.36. The third-order valence-corrected chi connectivity index (χ3v) is 2.52. The quantitative estimate of drug-likeness (QED) is 0.891. The Morgan fingerprint density at radius 3 is 2.06 bits per heavy atom. The van der Waals surface area contributed by atoms with Gasteiger partial charge in [-0.25, -0.2) is 4.79 Å². The zero-order chi connectivity index (χ0) is 13.2. The Morgan fingerprint density at radius 1 is 1.18 bits per heavy atom. The molecule has 17 heavy (non-hydrogen) atoms. The second-order valence-electron chi connectivity index (χ2n) is 4.04. The number of benzene rings is 1. The molecule has 0 heterocycles. The zero-order valence-electron chi connectivity index (χ0n) is 9.25. The summed E-state index contributed by atoms with van der Waals surface area (Å²) in [4.78, 5) is 22.6. The summed E-state index contributed by atoms with van der Waals surface area (Å²) in [6, 6.07) is 4.32. The van der Waals surface area contributed by atoms with Crippen molar-refractivity contribution in [1.82, 2.24) is 5.32 Å². The number of rotatable bonds is 3. The van der Waals surface area contributed by atoms with Gasteiger partial charge in [0.15, 0.2) is 0 Å². The number of carboxylic acid groups (broad SMARTS) is 1. The van der Waals surface area contributed by atoms with Crippen molar-refractivity contribution < 1.29 is 14.7 Å². The first-order chi connectivity index (χ1) is 7.72. The molecule has 0 bridgehead atoms. The summed E-state index contributed by atoms with van der Waals surface area (Å²) in [6.45, 7) is 2.78. The fourth-order valence-corrected chi connectivity index (χ4v) is 1.62. The van der Waals surface area contributed by atoms with E-state index in [1.807, 2.05) is 0 Å². The number of nitrogens with one attached hydrogen (secondary N) is 1. The number of carbonyl (C=O) groups excluding carboxylic acids is 1. The summed E-state index contributed by atoms with van der Waals surface area (Å²) in [7, 11) is 0. The van der Waals surface area contributed by atoms with Crippen LogP contribution in [0.3, 0.4) is 0 Å². The maximum Gasteiger partial charge on any atom is 0.328 e. The highest BCUT2D eigenvalue weighted by molar-refractivity contribution is 6.35. The lowest BCUT2D eigenvalue weighted by Gasteiger charge is -2.21. The number of amides is 1. The van der Waals surface area contributed by atoms with Crippen LogP contribution >= 0.6 is 23.2 Å². The molecule has 0 spiro atoms. The summed E-state index contributed by atoms with van der Waals surface area (Å²) in [5, 5.41) is 11.9. The average Bonchev–Trinajstić information content (AvgIpc) is 2.15. The average molecular weight is 276 g/mol. The van der Waals surface area contributed by atoms with Gasteiger partial charge in [-0.05, 0) is 32.0 Å². The number of hydrogen-bond donors (Lipinski definition) is 2. The first kappa shape index (κ1) is 13.8. The Morgan fingerprint density at radius 2 is 1.65 bits per heavy atom. The molecule has 0 aliphatic rings. The lowest BCUT2D eigenvalue weighted by molar-refractivity contribution is -0.143. The van der Waals surface area contributed by atoms with Gasteiger partial charge in [0.05, 0.1) is 0 Å². The van der Waals surface area contributed by atoms with E-state index in [2.05, 4.69) is 5.32 Å². The smallest absolute Gasteiger partial charge is 0.328 e. The first-order valence-electron chi connectivity index (χ1n) is 4.74. The standard InChI is InChI=1S/C11H11Cl2NO3/c1-11(2,10(16)17)14-9(15)6-3-7(12)5-8(13)4-6/h3-5H,1-2H3,(H,14,15)(H,16,17). The van der Waals surface area contributed by atoms with Gasteiger partial charge in [-0.1, -0.05) is 23.2 Å². The minimum Gasteiger partial charge on any atom is -0.480 e. The number of halogens is 2. The molecule has 1 rings (SSSR count). The maximum absolute atomic E-state index is 11.8. The molecule has 0 atom stereocenters. The molecule has 2 N–H and O–H groups in total. The van der Waals surface area contributed by atoms with Crippen LogP contribution in [0.15, 0.2) is 18.2 Å². The Kier molecular flexibility index (Phi) is 4.01. The van der Waals surface area contributed by atoms with Gasteiger partial charge >= 0.3 is 5.97 Å². The Labute approximate surface area is 109 Å². The van der Waals surface area contributed by atoms with Crippen LogP contribution in [-0.2, 0) is 4.79 Å². The molecule has 1 aromatic carbocycles. The lowest BCUT2D eigenvalue weighted by atomic mass is 10.1. The second-order valence-corrected chi connectivity index (χ2v) is 4.92. The summed E-state index contributed by atoms with van der Waals surface area (Å²) >= 11 is 11.5. The van der Waals surface area contributed by atoms with Gasteiger partial charge in [-0.3, -0.25) is 4.79 Å². The van der Waals surface area contributed by atoms with Gasteiger partial charge in [-0.15, -0.1) is 0 Å². The van der Waals surface area contributed by atoms with E-state index in [4.69, 9.17) is 28.3 Å². The normalized spacial score (nSPS) is 11.1. The van der Waals surface area contributed by atoms with Crippen molar-refractivity contribution in [2.75, 3.05) is 0 Å². The van der Waals surface area contributed by atoms with Crippen LogP contribution in [0.4, 0.5) is 0 Å². The van der Waals surface area contributed by atoms with E-state index in [9.17, 15) is 9.59 Å². The van der Waals surface area contributed by atoms with E-state index in [-0.39, 0.29) is 5.56 Å². The molecule has 0 saturated heterocycles. The predicted molar refractivity (Wildman–Crippen MR) is 65.6 cm³/mol. The number of hydrogen-bond acceptors (Lipinski definition) is 2. The topological polar surface area (TPSA) is 66.4 Å². The van der Waals surface area contributed by atoms with Crippen molar-refractivity contribution in [2.24, 2.45) is 0 Å². The molecular weight excluding hydrogens is 265 g/mol. The highest BCUT2D eigenvalue weighted by atomic mass is 35.5. The van der Waals surface area contributed by atoms with Crippen LogP contribution in [0.2, 0.25) is 10.0 Å². The zero-order valence-corrected chi connectivity index (χ0v) is 10.8. The van der Waals surface area contributed by atoms with Crippen molar-refractivity contribution >= 4 is 35.1 Å². The van der Waals surface area contributed by atoms with E-state index in [1.54, 1.807) is 0 Å². The summed E-state index contributed by atoms with van der Waals surface area (Å²) in [6.07, 6.45) is 0. The molecule has 4 nitrogen and oxygen atoms in total. The highest BCUT2D eigenvalue weighted by Gasteiger charge is 2.29. The number of carboxylic acids is 1. The Balaban J connectivity index is 2.94. The largest absolute Gasteiger partial charge is 0.480 e. The second kappa shape index (κ2) is 4.94. The molecule has 92 valence electrons. The summed E-state index contributed by atoms with van der Waals surface area (Å²) < 4.78 is 0. The van der Waals surface area contributed by atoms with E-state index in [0.717, 1.165) is 0 Å². The van der Waals surface area contributed by atoms with Gasteiger partial charge in [0.25, 0.3) is 5.91 Å². The summed E-state index contributed by atoms with van der Waals surface area (Å²) in [5.74, 6) is -1.67. The van der Waals surface area contributed by atoms with Gasteiger partial charge in [0, 0.05) is 15.6 Å². The van der Waals surface area contributed by atoms with Crippen LogP contribution in [0.25, 0.3) is 0 Å². The van der Waals surface area contributed by atoms with Crippen molar-refractivity contribution in [3.8, 4) is 0 Å². The van der Waals surface area contributed by atoms with Crippen LogP contribution in [-0.4, -0.2) is 22.5 Å². The van der Waals surface area contributed by atoms with Crippen molar-refractivity contribution in [2.45, 2.75) is 19.4 Å².